The first-order valence-electron chi connectivity index (χ1n) is 6.56. The van der Waals surface area contributed by atoms with Gasteiger partial charge in [-0.05, 0) is 18.2 Å². The molecule has 1 aromatic carbocycles. The summed E-state index contributed by atoms with van der Waals surface area (Å²) < 4.78 is 5.86. The maximum absolute atomic E-state index is 12.3. The van der Waals surface area contributed by atoms with Gasteiger partial charge in [0.15, 0.2) is 11.4 Å². The van der Waals surface area contributed by atoms with Gasteiger partial charge in [-0.3, -0.25) is 9.59 Å². The van der Waals surface area contributed by atoms with Crippen LogP contribution in [0.3, 0.4) is 0 Å². The van der Waals surface area contributed by atoms with Crippen LogP contribution in [0.1, 0.15) is 11.7 Å². The molecule has 10 heteroatoms. The number of amides is 1. The Kier molecular flexibility index (Phi) is 3.41. The Morgan fingerprint density at radius 1 is 1.39 bits per heavy atom. The number of fused-ring (bicyclic) bond motifs is 1. The number of aromatic nitrogens is 4. The number of hydrogen-bond donors (Lipinski definition) is 2. The second-order valence-electron chi connectivity index (χ2n) is 4.77. The molecule has 3 aromatic rings. The van der Waals surface area contributed by atoms with Crippen LogP contribution in [0.5, 0.6) is 0 Å². The molecular weight excluding hydrogens is 304 g/mol. The second-order valence-corrected chi connectivity index (χ2v) is 4.77. The minimum Gasteiger partial charge on any atom is -0.407 e. The average molecular weight is 316 g/mol. The molecule has 0 radical (unpaired) electrons. The summed E-state index contributed by atoms with van der Waals surface area (Å²) in [7, 11) is 0. The van der Waals surface area contributed by atoms with Gasteiger partial charge in [0, 0.05) is 12.6 Å². The van der Waals surface area contributed by atoms with Crippen molar-refractivity contribution in [1.82, 2.24) is 19.6 Å². The number of carbonyl (C=O) groups is 2. The van der Waals surface area contributed by atoms with E-state index in [1.54, 1.807) is 6.07 Å². The van der Waals surface area contributed by atoms with Gasteiger partial charge in [-0.25, -0.2) is 9.36 Å². The molecule has 0 saturated heterocycles. The van der Waals surface area contributed by atoms with Crippen molar-refractivity contribution in [2.24, 2.45) is 0 Å². The number of rotatable bonds is 3. The van der Waals surface area contributed by atoms with E-state index < -0.39 is 11.7 Å². The zero-order valence-electron chi connectivity index (χ0n) is 12.0. The van der Waals surface area contributed by atoms with Crippen molar-refractivity contribution in [1.29, 1.82) is 0 Å². The van der Waals surface area contributed by atoms with Crippen LogP contribution in [0.25, 0.3) is 11.1 Å². The van der Waals surface area contributed by atoms with E-state index in [-0.39, 0.29) is 29.4 Å². The van der Waals surface area contributed by atoms with E-state index in [4.69, 9.17) is 10.2 Å². The molecule has 0 aliphatic rings. The van der Waals surface area contributed by atoms with Crippen LogP contribution in [0, 0.1) is 0 Å². The van der Waals surface area contributed by atoms with Crippen molar-refractivity contribution in [2.75, 3.05) is 11.1 Å². The Morgan fingerprint density at radius 2 is 2.17 bits per heavy atom. The lowest BCUT2D eigenvalue weighted by atomic mass is 10.3. The van der Waals surface area contributed by atoms with Gasteiger partial charge in [-0.2, -0.15) is 9.90 Å². The zero-order valence-corrected chi connectivity index (χ0v) is 12.0. The van der Waals surface area contributed by atoms with Gasteiger partial charge in [0.1, 0.15) is 12.1 Å². The molecule has 3 N–H and O–H groups in total. The quantitative estimate of drug-likeness (QED) is 0.652. The fraction of sp³-hybridized carbons (Fsp3) is 0.154. The van der Waals surface area contributed by atoms with Gasteiger partial charge in [-0.1, -0.05) is 0 Å². The maximum Gasteiger partial charge on any atom is 0.426 e. The molecule has 1 amide bonds. The van der Waals surface area contributed by atoms with E-state index in [0.717, 1.165) is 9.36 Å². The lowest BCUT2D eigenvalue weighted by molar-refractivity contribution is -0.114. The van der Waals surface area contributed by atoms with Crippen molar-refractivity contribution in [3.63, 3.8) is 0 Å². The lowest BCUT2D eigenvalue weighted by Crippen LogP contribution is -2.27. The van der Waals surface area contributed by atoms with E-state index in [0.29, 0.717) is 5.69 Å². The summed E-state index contributed by atoms with van der Waals surface area (Å²) in [5, 5.41) is 10.2. The fourth-order valence-corrected chi connectivity index (χ4v) is 2.07. The number of nitrogens with zero attached hydrogens (tertiary/aromatic N) is 4. The van der Waals surface area contributed by atoms with Gasteiger partial charge in [0.25, 0.3) is 5.91 Å². The number of nitrogens with two attached hydrogens (primary N) is 1. The van der Waals surface area contributed by atoms with Crippen molar-refractivity contribution in [3.8, 4) is 0 Å². The number of nitrogens with one attached hydrogen (secondary N) is 1. The van der Waals surface area contributed by atoms with E-state index >= 15 is 0 Å². The topological polar surface area (TPSA) is 138 Å². The Balaban J connectivity index is 1.90. The smallest absolute Gasteiger partial charge is 0.407 e. The third kappa shape index (κ3) is 2.81. The molecule has 10 nitrogen and oxygen atoms in total. The molecule has 0 bridgehead atoms. The largest absolute Gasteiger partial charge is 0.426 e. The molecule has 3 rings (SSSR count). The Labute approximate surface area is 128 Å². The minimum atomic E-state index is -0.815. The number of nitrogen functional groups attached to an aromatic ring is 1. The van der Waals surface area contributed by atoms with Crippen molar-refractivity contribution in [2.45, 2.75) is 13.5 Å². The SMILES string of the molecule is CC(=O)Nc1cnn(CC(=O)n2c(=O)oc3ccc(N)cc32)n1. The number of anilines is 2. The molecule has 0 fully saturated rings. The predicted octanol–water partition coefficient (Wildman–Crippen LogP) is 0.0670. The highest BCUT2D eigenvalue weighted by Crippen LogP contribution is 2.16. The maximum atomic E-state index is 12.3. The van der Waals surface area contributed by atoms with E-state index in [2.05, 4.69) is 15.5 Å². The number of carbonyl (C=O) groups excluding carboxylic acids is 2. The van der Waals surface area contributed by atoms with Crippen molar-refractivity contribution in [3.05, 3.63) is 34.9 Å². The molecule has 0 aliphatic heterocycles. The van der Waals surface area contributed by atoms with E-state index in [1.165, 1.54) is 25.3 Å². The summed E-state index contributed by atoms with van der Waals surface area (Å²) in [5.74, 6) is -1.51. The molecule has 0 spiro atoms. The van der Waals surface area contributed by atoms with Gasteiger partial charge in [0.2, 0.25) is 5.91 Å². The molecule has 0 unspecified atom stereocenters. The first kappa shape index (κ1) is 14.5. The molecule has 0 saturated carbocycles. The average Bonchev–Trinajstić information content (AvgIpc) is 3.01. The minimum absolute atomic E-state index is 0.207. The first-order chi connectivity index (χ1) is 10.9. The first-order valence-corrected chi connectivity index (χ1v) is 6.56. The zero-order chi connectivity index (χ0) is 16.6. The number of hydrogen-bond acceptors (Lipinski definition) is 7. The second kappa shape index (κ2) is 5.40. The highest BCUT2D eigenvalue weighted by molar-refractivity contribution is 5.90. The van der Waals surface area contributed by atoms with Gasteiger partial charge < -0.3 is 15.5 Å². The van der Waals surface area contributed by atoms with Crippen LogP contribution >= 0.6 is 0 Å². The normalized spacial score (nSPS) is 10.8. The summed E-state index contributed by atoms with van der Waals surface area (Å²) in [6.07, 6.45) is 1.29. The van der Waals surface area contributed by atoms with Crippen LogP contribution in [-0.4, -0.2) is 31.4 Å². The van der Waals surface area contributed by atoms with Gasteiger partial charge >= 0.3 is 5.76 Å². The van der Waals surface area contributed by atoms with Crippen molar-refractivity contribution >= 4 is 34.4 Å². The summed E-state index contributed by atoms with van der Waals surface area (Å²) in [4.78, 5) is 36.2. The summed E-state index contributed by atoms with van der Waals surface area (Å²) in [5.41, 5.74) is 6.59. The van der Waals surface area contributed by atoms with Crippen LogP contribution < -0.4 is 16.8 Å². The third-order valence-electron chi connectivity index (χ3n) is 2.97. The number of oxazole rings is 1. The molecule has 0 aliphatic carbocycles. The molecule has 2 aromatic heterocycles. The van der Waals surface area contributed by atoms with E-state index in [9.17, 15) is 14.4 Å². The predicted molar refractivity (Wildman–Crippen MR) is 79.8 cm³/mol. The van der Waals surface area contributed by atoms with Crippen LogP contribution in [0.4, 0.5) is 11.5 Å². The van der Waals surface area contributed by atoms with Crippen molar-refractivity contribution < 1.29 is 14.0 Å². The van der Waals surface area contributed by atoms with Crippen LogP contribution in [-0.2, 0) is 11.3 Å². The summed E-state index contributed by atoms with van der Waals surface area (Å²) in [6.45, 7) is 1.02. The van der Waals surface area contributed by atoms with Crippen LogP contribution in [0.15, 0.2) is 33.6 Å². The standard InChI is InChI=1S/C13H12N6O4/c1-7(20)16-11-5-15-18(17-11)6-12(21)19-9-4-8(14)2-3-10(9)23-13(19)22/h2-5H,6,14H2,1H3,(H,16,17,20). The highest BCUT2D eigenvalue weighted by atomic mass is 16.4. The Bertz CT molecular complexity index is 966. The summed E-state index contributed by atoms with van der Waals surface area (Å²) >= 11 is 0. The summed E-state index contributed by atoms with van der Waals surface area (Å²) in [6, 6.07) is 4.54. The third-order valence-corrected chi connectivity index (χ3v) is 2.97. The number of benzene rings is 1. The molecule has 118 valence electrons. The molecular formula is C13H12N6O4. The van der Waals surface area contributed by atoms with Crippen LogP contribution in [0.2, 0.25) is 0 Å². The van der Waals surface area contributed by atoms with Gasteiger partial charge in [0.05, 0.1) is 6.20 Å². The highest BCUT2D eigenvalue weighted by Gasteiger charge is 2.17. The van der Waals surface area contributed by atoms with E-state index in [1.807, 2.05) is 0 Å². The monoisotopic (exact) mass is 316 g/mol. The Hall–Kier alpha value is -3.43. The molecule has 23 heavy (non-hydrogen) atoms. The Morgan fingerprint density at radius 3 is 2.91 bits per heavy atom. The van der Waals surface area contributed by atoms with Gasteiger partial charge in [-0.15, -0.1) is 5.10 Å². The molecule has 0 atom stereocenters. The molecule has 2 heterocycles. The lowest BCUT2D eigenvalue weighted by Gasteiger charge is -2.01. The fourth-order valence-electron chi connectivity index (χ4n) is 2.07.